The molecule has 2 aromatic carbocycles. The number of fused-ring (bicyclic) bond motifs is 1. The Morgan fingerprint density at radius 3 is 2.62 bits per heavy atom. The van der Waals surface area contributed by atoms with Gasteiger partial charge in [0.15, 0.2) is 0 Å². The SMILES string of the molecule is Nc1c(Cl)cc(NC(=O)CN2C(=O)CSc3ccccc32)cc1Cl. The minimum Gasteiger partial charge on any atom is -0.396 e. The van der Waals surface area contributed by atoms with Crippen LogP contribution in [0.5, 0.6) is 0 Å². The van der Waals surface area contributed by atoms with Gasteiger partial charge in [-0.2, -0.15) is 0 Å². The van der Waals surface area contributed by atoms with Crippen molar-refractivity contribution in [3.63, 3.8) is 0 Å². The monoisotopic (exact) mass is 381 g/mol. The molecule has 0 saturated carbocycles. The summed E-state index contributed by atoms with van der Waals surface area (Å²) in [5, 5.41) is 3.20. The Bertz CT molecular complexity index is 806. The number of benzene rings is 2. The fraction of sp³-hybridized carbons (Fsp3) is 0.125. The minimum atomic E-state index is -0.345. The summed E-state index contributed by atoms with van der Waals surface area (Å²) in [6.45, 7) is -0.0873. The third-order valence-corrected chi connectivity index (χ3v) is 5.15. The zero-order valence-corrected chi connectivity index (χ0v) is 14.7. The van der Waals surface area contributed by atoms with Crippen LogP contribution in [-0.4, -0.2) is 24.1 Å². The molecule has 124 valence electrons. The summed E-state index contributed by atoms with van der Waals surface area (Å²) in [5.74, 6) is -0.145. The Morgan fingerprint density at radius 2 is 1.92 bits per heavy atom. The molecule has 0 fully saturated rings. The number of nitrogens with two attached hydrogens (primary N) is 1. The number of nitrogens with zero attached hydrogens (tertiary/aromatic N) is 1. The molecule has 5 nitrogen and oxygen atoms in total. The Morgan fingerprint density at radius 1 is 1.25 bits per heavy atom. The van der Waals surface area contributed by atoms with E-state index in [0.717, 1.165) is 10.6 Å². The lowest BCUT2D eigenvalue weighted by molar-refractivity contribution is -0.120. The van der Waals surface area contributed by atoms with Crippen LogP contribution in [0.3, 0.4) is 0 Å². The molecule has 2 amide bonds. The van der Waals surface area contributed by atoms with Crippen LogP contribution in [0.25, 0.3) is 0 Å². The molecule has 0 atom stereocenters. The van der Waals surface area contributed by atoms with Crippen molar-refractivity contribution in [2.75, 3.05) is 28.2 Å². The smallest absolute Gasteiger partial charge is 0.244 e. The van der Waals surface area contributed by atoms with E-state index in [1.165, 1.54) is 28.8 Å². The summed E-state index contributed by atoms with van der Waals surface area (Å²) in [4.78, 5) is 26.9. The van der Waals surface area contributed by atoms with Crippen LogP contribution in [0.15, 0.2) is 41.3 Å². The molecule has 1 aliphatic rings. The topological polar surface area (TPSA) is 75.4 Å². The first kappa shape index (κ1) is 17.0. The van der Waals surface area contributed by atoms with Gasteiger partial charge in [-0.1, -0.05) is 35.3 Å². The van der Waals surface area contributed by atoms with Gasteiger partial charge in [0.25, 0.3) is 0 Å². The van der Waals surface area contributed by atoms with Crippen LogP contribution in [-0.2, 0) is 9.59 Å². The van der Waals surface area contributed by atoms with Gasteiger partial charge in [0.05, 0.1) is 27.2 Å². The number of amides is 2. The Hall–Kier alpha value is -1.89. The summed E-state index contributed by atoms with van der Waals surface area (Å²) in [7, 11) is 0. The van der Waals surface area contributed by atoms with E-state index >= 15 is 0 Å². The van der Waals surface area contributed by atoms with Gasteiger partial charge in [-0.25, -0.2) is 0 Å². The second-order valence-corrected chi connectivity index (χ2v) is 6.97. The van der Waals surface area contributed by atoms with E-state index in [1.54, 1.807) is 0 Å². The highest BCUT2D eigenvalue weighted by Gasteiger charge is 2.26. The lowest BCUT2D eigenvalue weighted by Gasteiger charge is -2.28. The van der Waals surface area contributed by atoms with Crippen LogP contribution >= 0.6 is 35.0 Å². The van der Waals surface area contributed by atoms with Gasteiger partial charge in [-0.05, 0) is 24.3 Å². The van der Waals surface area contributed by atoms with Crippen LogP contribution in [0.1, 0.15) is 0 Å². The maximum Gasteiger partial charge on any atom is 0.244 e. The summed E-state index contributed by atoms with van der Waals surface area (Å²) in [6, 6.07) is 10.5. The lowest BCUT2D eigenvalue weighted by atomic mass is 10.2. The Kier molecular flexibility index (Phi) is 4.89. The van der Waals surface area contributed by atoms with Crippen LogP contribution in [0, 0.1) is 0 Å². The highest BCUT2D eigenvalue weighted by Crippen LogP contribution is 2.35. The molecule has 1 aliphatic heterocycles. The number of thioether (sulfide) groups is 1. The Balaban J connectivity index is 1.77. The van der Waals surface area contributed by atoms with Crippen molar-refractivity contribution in [3.05, 3.63) is 46.4 Å². The van der Waals surface area contributed by atoms with E-state index in [9.17, 15) is 9.59 Å². The van der Waals surface area contributed by atoms with Gasteiger partial charge in [-0.3, -0.25) is 9.59 Å². The predicted octanol–water partition coefficient (Wildman–Crippen LogP) is 3.65. The summed E-state index contributed by atoms with van der Waals surface area (Å²) < 4.78 is 0. The second-order valence-electron chi connectivity index (χ2n) is 5.14. The van der Waals surface area contributed by atoms with Crippen molar-refractivity contribution in [2.24, 2.45) is 0 Å². The lowest BCUT2D eigenvalue weighted by Crippen LogP contribution is -2.41. The number of para-hydroxylation sites is 1. The molecule has 3 rings (SSSR count). The van der Waals surface area contributed by atoms with E-state index in [0.29, 0.717) is 11.4 Å². The second kappa shape index (κ2) is 6.93. The maximum atomic E-state index is 12.3. The maximum absolute atomic E-state index is 12.3. The Labute approximate surface area is 153 Å². The van der Waals surface area contributed by atoms with Crippen LogP contribution in [0.4, 0.5) is 17.1 Å². The average molecular weight is 382 g/mol. The highest BCUT2D eigenvalue weighted by atomic mass is 35.5. The standard InChI is InChI=1S/C16H13Cl2N3O2S/c17-10-5-9(6-11(18)16(10)19)20-14(22)7-21-12-3-1-2-4-13(12)24-8-15(21)23/h1-6H,7-8,19H2,(H,20,22). The number of rotatable bonds is 3. The molecule has 0 unspecified atom stereocenters. The van der Waals surface area contributed by atoms with E-state index in [4.69, 9.17) is 28.9 Å². The molecule has 0 bridgehead atoms. The number of anilines is 3. The van der Waals surface area contributed by atoms with E-state index < -0.39 is 0 Å². The van der Waals surface area contributed by atoms with Gasteiger partial charge in [0.2, 0.25) is 11.8 Å². The van der Waals surface area contributed by atoms with Crippen LogP contribution in [0.2, 0.25) is 10.0 Å². The molecule has 24 heavy (non-hydrogen) atoms. The van der Waals surface area contributed by atoms with Gasteiger partial charge in [0, 0.05) is 10.6 Å². The molecular formula is C16H13Cl2N3O2S. The molecule has 0 radical (unpaired) electrons. The normalized spacial score (nSPS) is 13.6. The number of hydrogen-bond acceptors (Lipinski definition) is 4. The van der Waals surface area contributed by atoms with Gasteiger partial charge in [0.1, 0.15) is 6.54 Å². The number of halogens is 2. The van der Waals surface area contributed by atoms with Crippen LogP contribution < -0.4 is 16.0 Å². The van der Waals surface area contributed by atoms with Crippen molar-refractivity contribution < 1.29 is 9.59 Å². The molecule has 8 heteroatoms. The zero-order valence-electron chi connectivity index (χ0n) is 12.4. The van der Waals surface area contributed by atoms with Crippen molar-refractivity contribution in [2.45, 2.75) is 4.90 Å². The summed E-state index contributed by atoms with van der Waals surface area (Å²) in [5.41, 5.74) is 7.09. The number of hydrogen-bond donors (Lipinski definition) is 2. The zero-order chi connectivity index (χ0) is 17.3. The fourth-order valence-corrected chi connectivity index (χ4v) is 3.75. The number of carbonyl (C=O) groups is 2. The average Bonchev–Trinajstić information content (AvgIpc) is 2.55. The molecule has 0 aromatic heterocycles. The fourth-order valence-electron chi connectivity index (χ4n) is 2.33. The number of nitrogen functional groups attached to an aromatic ring is 1. The van der Waals surface area contributed by atoms with Gasteiger partial charge in [-0.15, -0.1) is 11.8 Å². The van der Waals surface area contributed by atoms with Gasteiger partial charge < -0.3 is 16.0 Å². The first-order valence-electron chi connectivity index (χ1n) is 7.02. The van der Waals surface area contributed by atoms with Crippen molar-refractivity contribution in [1.29, 1.82) is 0 Å². The van der Waals surface area contributed by atoms with Gasteiger partial charge >= 0.3 is 0 Å². The molecule has 0 aliphatic carbocycles. The quantitative estimate of drug-likeness (QED) is 0.795. The van der Waals surface area contributed by atoms with Crippen molar-refractivity contribution >= 4 is 63.8 Å². The number of carbonyl (C=O) groups excluding carboxylic acids is 2. The predicted molar refractivity (Wildman–Crippen MR) is 99.0 cm³/mol. The molecular weight excluding hydrogens is 369 g/mol. The third-order valence-electron chi connectivity index (χ3n) is 3.47. The summed E-state index contributed by atoms with van der Waals surface area (Å²) in [6.07, 6.45) is 0. The number of nitrogens with one attached hydrogen (secondary N) is 1. The third kappa shape index (κ3) is 3.45. The summed E-state index contributed by atoms with van der Waals surface area (Å²) >= 11 is 13.4. The highest BCUT2D eigenvalue weighted by molar-refractivity contribution is 8.00. The largest absolute Gasteiger partial charge is 0.396 e. The van der Waals surface area contributed by atoms with Crippen molar-refractivity contribution in [3.8, 4) is 0 Å². The van der Waals surface area contributed by atoms with E-state index in [1.807, 2.05) is 24.3 Å². The van der Waals surface area contributed by atoms with E-state index in [2.05, 4.69) is 5.32 Å². The molecule has 0 spiro atoms. The molecule has 1 heterocycles. The molecule has 0 saturated heterocycles. The van der Waals surface area contributed by atoms with E-state index in [-0.39, 0.29) is 34.1 Å². The van der Waals surface area contributed by atoms with Crippen molar-refractivity contribution in [1.82, 2.24) is 0 Å². The molecule has 2 aromatic rings. The first-order valence-corrected chi connectivity index (χ1v) is 8.76. The first-order chi connectivity index (χ1) is 11.5. The molecule has 3 N–H and O–H groups in total. The minimum absolute atomic E-state index is 0.0873.